The molecule has 0 saturated carbocycles. The maximum Gasteiger partial charge on any atom is 0.251 e. The number of amides is 2. The molecular weight excluding hydrogens is 326 g/mol. The van der Waals surface area contributed by atoms with Crippen molar-refractivity contribution >= 4 is 17.5 Å². The topological polar surface area (TPSA) is 84.2 Å². The first-order valence-corrected chi connectivity index (χ1v) is 9.00. The summed E-state index contributed by atoms with van der Waals surface area (Å²) >= 11 is 0. The molecule has 0 fully saturated rings. The third-order valence-corrected chi connectivity index (χ3v) is 4.52. The Morgan fingerprint density at radius 1 is 1.04 bits per heavy atom. The van der Waals surface area contributed by atoms with Crippen LogP contribution in [0.3, 0.4) is 0 Å². The second-order valence-corrected chi connectivity index (χ2v) is 6.47. The van der Waals surface area contributed by atoms with Gasteiger partial charge in [-0.25, -0.2) is 0 Å². The first-order valence-electron chi connectivity index (χ1n) is 9.00. The lowest BCUT2D eigenvalue weighted by Gasteiger charge is -2.17. The van der Waals surface area contributed by atoms with E-state index in [1.807, 2.05) is 44.2 Å². The smallest absolute Gasteiger partial charge is 0.251 e. The standard InChI is InChI=1S/C21H27N3O2/c1-3-15(2)19(22)21(26)24-18-11-9-17(10-12-18)20(25)23-14-13-16-7-5-4-6-8-16/h4-12,15,19H,3,13-14,22H2,1-2H3,(H,23,25)(H,24,26). The highest BCUT2D eigenvalue weighted by molar-refractivity contribution is 5.97. The summed E-state index contributed by atoms with van der Waals surface area (Å²) in [5.74, 6) is -0.223. The van der Waals surface area contributed by atoms with Crippen LogP contribution in [0.2, 0.25) is 0 Å². The largest absolute Gasteiger partial charge is 0.352 e. The van der Waals surface area contributed by atoms with Crippen LogP contribution >= 0.6 is 0 Å². The van der Waals surface area contributed by atoms with Crippen LogP contribution in [0, 0.1) is 5.92 Å². The number of benzene rings is 2. The summed E-state index contributed by atoms with van der Waals surface area (Å²) in [6.45, 7) is 4.53. The molecule has 0 spiro atoms. The van der Waals surface area contributed by atoms with E-state index < -0.39 is 6.04 Å². The van der Waals surface area contributed by atoms with E-state index in [0.717, 1.165) is 12.8 Å². The minimum absolute atomic E-state index is 0.115. The molecule has 2 amide bonds. The monoisotopic (exact) mass is 353 g/mol. The molecule has 0 radical (unpaired) electrons. The molecule has 0 aliphatic carbocycles. The molecule has 0 aromatic heterocycles. The second-order valence-electron chi connectivity index (χ2n) is 6.47. The van der Waals surface area contributed by atoms with Gasteiger partial charge < -0.3 is 16.4 Å². The number of hydrogen-bond acceptors (Lipinski definition) is 3. The molecular formula is C21H27N3O2. The lowest BCUT2D eigenvalue weighted by atomic mass is 9.99. The number of carbonyl (C=O) groups excluding carboxylic acids is 2. The van der Waals surface area contributed by atoms with Crippen LogP contribution in [0.5, 0.6) is 0 Å². The second kappa shape index (κ2) is 9.73. The van der Waals surface area contributed by atoms with Crippen molar-refractivity contribution in [1.82, 2.24) is 5.32 Å². The minimum atomic E-state index is -0.541. The maximum atomic E-state index is 12.2. The third kappa shape index (κ3) is 5.70. The SMILES string of the molecule is CCC(C)C(N)C(=O)Nc1ccc(C(=O)NCCc2ccccc2)cc1. The van der Waals surface area contributed by atoms with Crippen LogP contribution in [-0.2, 0) is 11.2 Å². The Bertz CT molecular complexity index is 714. The molecule has 0 heterocycles. The van der Waals surface area contributed by atoms with E-state index in [0.29, 0.717) is 17.8 Å². The van der Waals surface area contributed by atoms with Crippen molar-refractivity contribution in [2.45, 2.75) is 32.7 Å². The van der Waals surface area contributed by atoms with Gasteiger partial charge >= 0.3 is 0 Å². The Morgan fingerprint density at radius 3 is 2.31 bits per heavy atom. The van der Waals surface area contributed by atoms with Crippen molar-refractivity contribution in [2.24, 2.45) is 11.7 Å². The van der Waals surface area contributed by atoms with Crippen LogP contribution in [0.15, 0.2) is 54.6 Å². The summed E-state index contributed by atoms with van der Waals surface area (Å²) in [6, 6.07) is 16.3. The zero-order valence-corrected chi connectivity index (χ0v) is 15.4. The molecule has 0 saturated heterocycles. The minimum Gasteiger partial charge on any atom is -0.352 e. The normalized spacial score (nSPS) is 12.9. The number of rotatable bonds is 8. The fourth-order valence-electron chi connectivity index (χ4n) is 2.51. The molecule has 5 heteroatoms. The molecule has 138 valence electrons. The van der Waals surface area contributed by atoms with Crippen LogP contribution in [0.4, 0.5) is 5.69 Å². The molecule has 4 N–H and O–H groups in total. The number of nitrogens with one attached hydrogen (secondary N) is 2. The average Bonchev–Trinajstić information content (AvgIpc) is 2.68. The van der Waals surface area contributed by atoms with Gasteiger partial charge in [0.1, 0.15) is 0 Å². The average molecular weight is 353 g/mol. The first-order chi connectivity index (χ1) is 12.5. The Balaban J connectivity index is 1.84. The Kier molecular flexibility index (Phi) is 7.36. The molecule has 0 aliphatic rings. The maximum absolute atomic E-state index is 12.2. The van der Waals surface area contributed by atoms with Gasteiger partial charge in [-0.3, -0.25) is 9.59 Å². The molecule has 5 nitrogen and oxygen atoms in total. The molecule has 0 bridgehead atoms. The van der Waals surface area contributed by atoms with Gasteiger partial charge in [0, 0.05) is 17.8 Å². The quantitative estimate of drug-likeness (QED) is 0.682. The highest BCUT2D eigenvalue weighted by Crippen LogP contribution is 2.12. The fourth-order valence-corrected chi connectivity index (χ4v) is 2.51. The molecule has 0 aliphatic heterocycles. The Labute approximate surface area is 155 Å². The summed E-state index contributed by atoms with van der Waals surface area (Å²) < 4.78 is 0. The summed E-state index contributed by atoms with van der Waals surface area (Å²) in [7, 11) is 0. The van der Waals surface area contributed by atoms with Crippen LogP contribution in [0.25, 0.3) is 0 Å². The van der Waals surface area contributed by atoms with E-state index in [1.165, 1.54) is 5.56 Å². The predicted octanol–water partition coefficient (Wildman–Crippen LogP) is 2.97. The van der Waals surface area contributed by atoms with Crippen LogP contribution < -0.4 is 16.4 Å². The zero-order chi connectivity index (χ0) is 18.9. The van der Waals surface area contributed by atoms with Crippen molar-refractivity contribution in [3.63, 3.8) is 0 Å². The van der Waals surface area contributed by atoms with Gasteiger partial charge in [0.05, 0.1) is 6.04 Å². The number of nitrogens with two attached hydrogens (primary N) is 1. The zero-order valence-electron chi connectivity index (χ0n) is 15.4. The van der Waals surface area contributed by atoms with Crippen molar-refractivity contribution in [3.8, 4) is 0 Å². The number of hydrogen-bond donors (Lipinski definition) is 3. The van der Waals surface area contributed by atoms with Gasteiger partial charge in [0.2, 0.25) is 5.91 Å². The highest BCUT2D eigenvalue weighted by Gasteiger charge is 2.19. The predicted molar refractivity (Wildman–Crippen MR) is 105 cm³/mol. The van der Waals surface area contributed by atoms with E-state index in [-0.39, 0.29) is 17.7 Å². The van der Waals surface area contributed by atoms with Crippen molar-refractivity contribution in [1.29, 1.82) is 0 Å². The van der Waals surface area contributed by atoms with Crippen LogP contribution in [0.1, 0.15) is 36.2 Å². The molecule has 2 unspecified atom stereocenters. The van der Waals surface area contributed by atoms with Gasteiger partial charge in [0.25, 0.3) is 5.91 Å². The summed E-state index contributed by atoms with van der Waals surface area (Å²) in [5, 5.41) is 5.69. The van der Waals surface area contributed by atoms with E-state index in [1.54, 1.807) is 24.3 Å². The third-order valence-electron chi connectivity index (χ3n) is 4.52. The van der Waals surface area contributed by atoms with Crippen molar-refractivity contribution in [3.05, 3.63) is 65.7 Å². The summed E-state index contributed by atoms with van der Waals surface area (Å²) in [6.07, 6.45) is 1.63. The Morgan fingerprint density at radius 2 is 1.69 bits per heavy atom. The van der Waals surface area contributed by atoms with Crippen LogP contribution in [-0.4, -0.2) is 24.4 Å². The van der Waals surface area contributed by atoms with E-state index in [4.69, 9.17) is 5.73 Å². The summed E-state index contributed by atoms with van der Waals surface area (Å²) in [5.41, 5.74) is 8.30. The van der Waals surface area contributed by atoms with Gasteiger partial charge in [-0.1, -0.05) is 50.6 Å². The first kappa shape index (κ1) is 19.7. The van der Waals surface area contributed by atoms with E-state index >= 15 is 0 Å². The lowest BCUT2D eigenvalue weighted by Crippen LogP contribution is -2.40. The molecule has 2 atom stereocenters. The molecule has 2 rings (SSSR count). The van der Waals surface area contributed by atoms with Gasteiger partial charge in [-0.05, 0) is 42.2 Å². The van der Waals surface area contributed by atoms with Gasteiger partial charge in [0.15, 0.2) is 0 Å². The molecule has 26 heavy (non-hydrogen) atoms. The van der Waals surface area contributed by atoms with E-state index in [9.17, 15) is 9.59 Å². The Hall–Kier alpha value is -2.66. The fraction of sp³-hybridized carbons (Fsp3) is 0.333. The number of carbonyl (C=O) groups is 2. The van der Waals surface area contributed by atoms with Gasteiger partial charge in [-0.15, -0.1) is 0 Å². The number of anilines is 1. The molecule has 2 aromatic rings. The van der Waals surface area contributed by atoms with Crippen molar-refractivity contribution < 1.29 is 9.59 Å². The molecule has 2 aromatic carbocycles. The van der Waals surface area contributed by atoms with Gasteiger partial charge in [-0.2, -0.15) is 0 Å². The summed E-state index contributed by atoms with van der Waals surface area (Å²) in [4.78, 5) is 24.3. The van der Waals surface area contributed by atoms with E-state index in [2.05, 4.69) is 10.6 Å². The van der Waals surface area contributed by atoms with Crippen molar-refractivity contribution in [2.75, 3.05) is 11.9 Å². The lowest BCUT2D eigenvalue weighted by molar-refractivity contribution is -0.118. The highest BCUT2D eigenvalue weighted by atomic mass is 16.2.